The van der Waals surface area contributed by atoms with Crippen LogP contribution in [0.3, 0.4) is 0 Å². The van der Waals surface area contributed by atoms with Crippen LogP contribution in [0.4, 0.5) is 5.69 Å². The molecule has 0 aliphatic carbocycles. The van der Waals surface area contributed by atoms with Crippen molar-refractivity contribution in [1.29, 1.82) is 5.26 Å². The molecule has 0 radical (unpaired) electrons. The summed E-state index contributed by atoms with van der Waals surface area (Å²) in [6.07, 6.45) is 1.02. The molecule has 2 aromatic rings. The fraction of sp³-hybridized carbons (Fsp3) is 0.118. The maximum absolute atomic E-state index is 12.0. The summed E-state index contributed by atoms with van der Waals surface area (Å²) in [5, 5.41) is 11.4. The van der Waals surface area contributed by atoms with E-state index in [0.717, 1.165) is 6.26 Å². The molecule has 1 amide bonds. The molecule has 0 aliphatic heterocycles. The normalized spacial score (nSPS) is 10.7. The summed E-state index contributed by atoms with van der Waals surface area (Å²) in [6, 6.07) is 11.5. The average molecular weight is 393 g/mol. The molecule has 0 bridgehead atoms. The molecule has 0 atom stereocenters. The van der Waals surface area contributed by atoms with Crippen LogP contribution in [0.2, 0.25) is 5.02 Å². The number of rotatable bonds is 5. The zero-order chi connectivity index (χ0) is 19.3. The van der Waals surface area contributed by atoms with Crippen molar-refractivity contribution in [3.63, 3.8) is 0 Å². The van der Waals surface area contributed by atoms with Gasteiger partial charge in [-0.15, -0.1) is 0 Å². The molecule has 7 nitrogen and oxygen atoms in total. The molecule has 0 saturated carbocycles. The summed E-state index contributed by atoms with van der Waals surface area (Å²) in [6.45, 7) is -0.570. The monoisotopic (exact) mass is 392 g/mol. The number of sulfone groups is 1. The topological polar surface area (TPSA) is 113 Å². The molecule has 134 valence electrons. The number of amides is 1. The molecular weight excluding hydrogens is 380 g/mol. The van der Waals surface area contributed by atoms with Crippen molar-refractivity contribution in [3.8, 4) is 6.07 Å². The first kappa shape index (κ1) is 19.4. The number of esters is 1. The van der Waals surface area contributed by atoms with E-state index in [-0.39, 0.29) is 21.0 Å². The number of nitrogens with zero attached hydrogens (tertiary/aromatic N) is 1. The highest BCUT2D eigenvalue weighted by atomic mass is 35.5. The van der Waals surface area contributed by atoms with Crippen LogP contribution >= 0.6 is 11.6 Å². The van der Waals surface area contributed by atoms with E-state index in [4.69, 9.17) is 21.6 Å². The Labute approximate surface area is 155 Å². The molecule has 2 rings (SSSR count). The van der Waals surface area contributed by atoms with Gasteiger partial charge in [-0.2, -0.15) is 5.26 Å². The molecule has 9 heteroatoms. The van der Waals surface area contributed by atoms with Gasteiger partial charge >= 0.3 is 5.97 Å². The fourth-order valence-electron chi connectivity index (χ4n) is 1.95. The molecule has 0 unspecified atom stereocenters. The number of anilines is 1. The minimum atomic E-state index is -3.46. The minimum Gasteiger partial charge on any atom is -0.452 e. The van der Waals surface area contributed by atoms with Gasteiger partial charge in [0.15, 0.2) is 16.4 Å². The number of hydrogen-bond acceptors (Lipinski definition) is 6. The lowest BCUT2D eigenvalue weighted by atomic mass is 10.2. The molecule has 1 N–H and O–H groups in total. The minimum absolute atomic E-state index is 0.0159. The first-order valence-electron chi connectivity index (χ1n) is 7.17. The van der Waals surface area contributed by atoms with E-state index in [9.17, 15) is 18.0 Å². The van der Waals surface area contributed by atoms with Crippen LogP contribution in [-0.4, -0.2) is 33.2 Å². The first-order valence-corrected chi connectivity index (χ1v) is 9.44. The largest absolute Gasteiger partial charge is 0.452 e. The molecule has 2 aromatic carbocycles. The number of halogens is 1. The average Bonchev–Trinajstić information content (AvgIpc) is 2.59. The van der Waals surface area contributed by atoms with Gasteiger partial charge in [0.1, 0.15) is 6.07 Å². The van der Waals surface area contributed by atoms with E-state index >= 15 is 0 Å². The quantitative estimate of drug-likeness (QED) is 0.781. The molecule has 0 spiro atoms. The molecular formula is C17H13ClN2O5S. The van der Waals surface area contributed by atoms with Crippen molar-refractivity contribution >= 4 is 39.0 Å². The summed E-state index contributed by atoms with van der Waals surface area (Å²) < 4.78 is 27.9. The van der Waals surface area contributed by atoms with E-state index in [1.807, 2.05) is 6.07 Å². The van der Waals surface area contributed by atoms with Crippen molar-refractivity contribution in [2.24, 2.45) is 0 Å². The number of hydrogen-bond donors (Lipinski definition) is 1. The van der Waals surface area contributed by atoms with E-state index in [1.54, 1.807) is 0 Å². The molecule has 0 saturated heterocycles. The van der Waals surface area contributed by atoms with Crippen molar-refractivity contribution in [1.82, 2.24) is 0 Å². The van der Waals surface area contributed by atoms with E-state index in [1.165, 1.54) is 42.5 Å². The van der Waals surface area contributed by atoms with Crippen molar-refractivity contribution in [2.75, 3.05) is 18.2 Å². The van der Waals surface area contributed by atoms with E-state index in [2.05, 4.69) is 5.32 Å². The summed E-state index contributed by atoms with van der Waals surface area (Å²) in [5.41, 5.74) is 0.623. The predicted octanol–water partition coefficient (Wildman–Crippen LogP) is 2.41. The van der Waals surface area contributed by atoms with Gasteiger partial charge in [0.2, 0.25) is 0 Å². The maximum atomic E-state index is 12.0. The van der Waals surface area contributed by atoms with Crippen LogP contribution in [-0.2, 0) is 19.4 Å². The lowest BCUT2D eigenvalue weighted by Crippen LogP contribution is -2.21. The van der Waals surface area contributed by atoms with Gasteiger partial charge in [-0.25, -0.2) is 13.2 Å². The fourth-order valence-corrected chi connectivity index (χ4v) is 2.84. The van der Waals surface area contributed by atoms with Gasteiger partial charge in [-0.3, -0.25) is 4.79 Å². The van der Waals surface area contributed by atoms with Gasteiger partial charge in [0.05, 0.1) is 21.0 Å². The number of carbonyl (C=O) groups excluding carboxylic acids is 2. The third-order valence-electron chi connectivity index (χ3n) is 3.21. The third kappa shape index (κ3) is 5.05. The van der Waals surface area contributed by atoms with E-state index in [0.29, 0.717) is 5.69 Å². The van der Waals surface area contributed by atoms with Crippen molar-refractivity contribution < 1.29 is 22.7 Å². The smallest absolute Gasteiger partial charge is 0.338 e. The molecule has 0 aromatic heterocycles. The number of carbonyl (C=O) groups is 2. The first-order chi connectivity index (χ1) is 12.2. The molecule has 0 heterocycles. The standard InChI is InChI=1S/C17H13ClN2O5S/c1-26(23,24)14-4-2-3-11(7-14)17(22)25-10-16(21)20-13-6-5-12(9-19)15(18)8-13/h2-8H,10H2,1H3,(H,20,21). The van der Waals surface area contributed by atoms with Crippen LogP contribution in [0.1, 0.15) is 15.9 Å². The van der Waals surface area contributed by atoms with Crippen LogP contribution in [0.15, 0.2) is 47.4 Å². The number of nitrogens with one attached hydrogen (secondary N) is 1. The lowest BCUT2D eigenvalue weighted by Gasteiger charge is -2.08. The Kier molecular flexibility index (Phi) is 5.97. The molecule has 26 heavy (non-hydrogen) atoms. The van der Waals surface area contributed by atoms with Crippen molar-refractivity contribution in [2.45, 2.75) is 4.90 Å². The van der Waals surface area contributed by atoms with Crippen LogP contribution < -0.4 is 5.32 Å². The zero-order valence-corrected chi connectivity index (χ0v) is 15.1. The van der Waals surface area contributed by atoms with Crippen molar-refractivity contribution in [3.05, 3.63) is 58.6 Å². The predicted molar refractivity (Wildman–Crippen MR) is 94.6 cm³/mol. The van der Waals surface area contributed by atoms with Gasteiger partial charge in [-0.05, 0) is 36.4 Å². The van der Waals surface area contributed by atoms with Gasteiger partial charge in [-0.1, -0.05) is 17.7 Å². The second kappa shape index (κ2) is 7.99. The highest BCUT2D eigenvalue weighted by molar-refractivity contribution is 7.90. The Bertz CT molecular complexity index is 1010. The second-order valence-corrected chi connectivity index (χ2v) is 7.65. The summed E-state index contributed by atoms with van der Waals surface area (Å²) in [5.74, 6) is -1.44. The van der Waals surface area contributed by atoms with Crippen LogP contribution in [0.5, 0.6) is 0 Å². The lowest BCUT2D eigenvalue weighted by molar-refractivity contribution is -0.119. The number of benzene rings is 2. The zero-order valence-electron chi connectivity index (χ0n) is 13.5. The van der Waals surface area contributed by atoms with Crippen LogP contribution in [0.25, 0.3) is 0 Å². The van der Waals surface area contributed by atoms with Gasteiger partial charge < -0.3 is 10.1 Å². The molecule has 0 aliphatic rings. The van der Waals surface area contributed by atoms with Gasteiger partial charge in [0.25, 0.3) is 5.91 Å². The summed E-state index contributed by atoms with van der Waals surface area (Å²) in [4.78, 5) is 23.8. The van der Waals surface area contributed by atoms with Gasteiger partial charge in [0, 0.05) is 11.9 Å². The third-order valence-corrected chi connectivity index (χ3v) is 4.63. The number of ether oxygens (including phenoxy) is 1. The summed E-state index contributed by atoms with van der Waals surface area (Å²) >= 11 is 5.86. The summed E-state index contributed by atoms with van der Waals surface area (Å²) in [7, 11) is -3.46. The SMILES string of the molecule is CS(=O)(=O)c1cccc(C(=O)OCC(=O)Nc2ccc(C#N)c(Cl)c2)c1. The Morgan fingerprint density at radius 1 is 1.23 bits per heavy atom. The Morgan fingerprint density at radius 3 is 2.58 bits per heavy atom. The molecule has 0 fully saturated rings. The number of nitriles is 1. The highest BCUT2D eigenvalue weighted by Gasteiger charge is 2.14. The Morgan fingerprint density at radius 2 is 1.96 bits per heavy atom. The highest BCUT2D eigenvalue weighted by Crippen LogP contribution is 2.20. The Balaban J connectivity index is 1.98. The maximum Gasteiger partial charge on any atom is 0.338 e. The van der Waals surface area contributed by atoms with E-state index < -0.39 is 28.3 Å². The second-order valence-electron chi connectivity index (χ2n) is 5.23. The Hall–Kier alpha value is -2.89. The van der Waals surface area contributed by atoms with Crippen LogP contribution in [0, 0.1) is 11.3 Å².